The number of nitrogens with zero attached hydrogens (tertiary/aromatic N) is 1. The van der Waals surface area contributed by atoms with E-state index in [2.05, 4.69) is 47.6 Å². The standard InChI is InChI=1S/C18H28N2/c1-20(18-8-5-13-19-14-18)17-11-9-16(10-12-17)15-6-3-2-4-7-15/h2-4,6-7,16-19H,5,8-14H2,1H3. The van der Waals surface area contributed by atoms with Crippen molar-refractivity contribution in [3.63, 3.8) is 0 Å². The van der Waals surface area contributed by atoms with Crippen LogP contribution < -0.4 is 5.32 Å². The molecule has 1 saturated heterocycles. The van der Waals surface area contributed by atoms with Crippen LogP contribution in [0.5, 0.6) is 0 Å². The molecule has 1 aromatic rings. The number of likely N-dealkylation sites (N-methyl/N-ethyl adjacent to an activating group) is 1. The van der Waals surface area contributed by atoms with Crippen LogP contribution in [0.3, 0.4) is 0 Å². The molecule has 2 fully saturated rings. The minimum Gasteiger partial charge on any atom is -0.315 e. The van der Waals surface area contributed by atoms with Crippen molar-refractivity contribution in [1.29, 1.82) is 0 Å². The van der Waals surface area contributed by atoms with Crippen LogP contribution in [0, 0.1) is 0 Å². The fourth-order valence-electron chi connectivity index (χ4n) is 4.02. The summed E-state index contributed by atoms with van der Waals surface area (Å²) in [5, 5.41) is 3.55. The highest BCUT2D eigenvalue weighted by Crippen LogP contribution is 2.35. The normalized spacial score (nSPS) is 31.4. The van der Waals surface area contributed by atoms with Crippen molar-refractivity contribution in [2.75, 3.05) is 20.1 Å². The Balaban J connectivity index is 1.53. The van der Waals surface area contributed by atoms with Gasteiger partial charge in [-0.1, -0.05) is 30.3 Å². The average Bonchev–Trinajstić information content (AvgIpc) is 2.56. The van der Waals surface area contributed by atoms with Crippen LogP contribution in [-0.2, 0) is 0 Å². The van der Waals surface area contributed by atoms with Gasteiger partial charge in [-0.15, -0.1) is 0 Å². The van der Waals surface area contributed by atoms with E-state index in [1.165, 1.54) is 51.6 Å². The van der Waals surface area contributed by atoms with Gasteiger partial charge < -0.3 is 5.32 Å². The van der Waals surface area contributed by atoms with E-state index >= 15 is 0 Å². The highest BCUT2D eigenvalue weighted by molar-refractivity contribution is 5.20. The van der Waals surface area contributed by atoms with Crippen LogP contribution in [0.15, 0.2) is 30.3 Å². The third kappa shape index (κ3) is 3.24. The van der Waals surface area contributed by atoms with Gasteiger partial charge in [0.15, 0.2) is 0 Å². The molecule has 0 spiro atoms. The van der Waals surface area contributed by atoms with Gasteiger partial charge in [0.05, 0.1) is 0 Å². The maximum Gasteiger partial charge on any atom is 0.0220 e. The molecule has 1 N–H and O–H groups in total. The summed E-state index contributed by atoms with van der Waals surface area (Å²) >= 11 is 0. The summed E-state index contributed by atoms with van der Waals surface area (Å²) in [7, 11) is 2.35. The van der Waals surface area contributed by atoms with Crippen molar-refractivity contribution in [1.82, 2.24) is 10.2 Å². The van der Waals surface area contributed by atoms with Crippen molar-refractivity contribution < 1.29 is 0 Å². The summed E-state index contributed by atoms with van der Waals surface area (Å²) in [5.74, 6) is 0.797. The molecule has 2 aliphatic rings. The molecule has 2 heteroatoms. The van der Waals surface area contributed by atoms with Gasteiger partial charge in [-0.05, 0) is 63.6 Å². The first-order valence-corrected chi connectivity index (χ1v) is 8.32. The molecule has 20 heavy (non-hydrogen) atoms. The summed E-state index contributed by atoms with van der Waals surface area (Å²) in [4.78, 5) is 2.67. The lowest BCUT2D eigenvalue weighted by Gasteiger charge is -2.40. The summed E-state index contributed by atoms with van der Waals surface area (Å²) < 4.78 is 0. The van der Waals surface area contributed by atoms with Crippen molar-refractivity contribution in [2.24, 2.45) is 0 Å². The van der Waals surface area contributed by atoms with Gasteiger partial charge in [-0.3, -0.25) is 4.90 Å². The number of benzene rings is 1. The van der Waals surface area contributed by atoms with Crippen molar-refractivity contribution in [3.05, 3.63) is 35.9 Å². The highest BCUT2D eigenvalue weighted by atomic mass is 15.2. The molecule has 1 atom stereocenters. The number of hydrogen-bond acceptors (Lipinski definition) is 2. The highest BCUT2D eigenvalue weighted by Gasteiger charge is 2.28. The maximum absolute atomic E-state index is 3.55. The molecule has 1 aliphatic heterocycles. The lowest BCUT2D eigenvalue weighted by molar-refractivity contribution is 0.113. The lowest BCUT2D eigenvalue weighted by Crippen LogP contribution is -2.49. The molecule has 0 bridgehead atoms. The molecule has 2 nitrogen and oxygen atoms in total. The van der Waals surface area contributed by atoms with Gasteiger partial charge in [0, 0.05) is 18.6 Å². The molecule has 0 aromatic heterocycles. The molecule has 1 saturated carbocycles. The molecule has 3 rings (SSSR count). The average molecular weight is 272 g/mol. The molecular weight excluding hydrogens is 244 g/mol. The molecule has 0 amide bonds. The first-order chi connectivity index (χ1) is 9.84. The lowest BCUT2D eigenvalue weighted by atomic mass is 9.81. The predicted molar refractivity (Wildman–Crippen MR) is 85.1 cm³/mol. The zero-order valence-electron chi connectivity index (χ0n) is 12.7. The molecule has 0 radical (unpaired) electrons. The summed E-state index contributed by atoms with van der Waals surface area (Å²) in [6.45, 7) is 2.40. The Kier molecular flexibility index (Phi) is 4.74. The minimum atomic E-state index is 0.766. The molecular formula is C18H28N2. The SMILES string of the molecule is CN(C1CCC(c2ccccc2)CC1)C1CCCNC1. The third-order valence-electron chi connectivity index (χ3n) is 5.39. The molecule has 1 aromatic carbocycles. The maximum atomic E-state index is 3.55. The number of hydrogen-bond donors (Lipinski definition) is 1. The molecule has 1 unspecified atom stereocenters. The van der Waals surface area contributed by atoms with Gasteiger partial charge in [-0.2, -0.15) is 0 Å². The monoisotopic (exact) mass is 272 g/mol. The van der Waals surface area contributed by atoms with Crippen LogP contribution in [0.2, 0.25) is 0 Å². The van der Waals surface area contributed by atoms with E-state index in [1.807, 2.05) is 0 Å². The van der Waals surface area contributed by atoms with E-state index in [4.69, 9.17) is 0 Å². The quantitative estimate of drug-likeness (QED) is 0.907. The minimum absolute atomic E-state index is 0.766. The largest absolute Gasteiger partial charge is 0.315 e. The van der Waals surface area contributed by atoms with Crippen molar-refractivity contribution in [3.8, 4) is 0 Å². The van der Waals surface area contributed by atoms with E-state index in [9.17, 15) is 0 Å². The summed E-state index contributed by atoms with van der Waals surface area (Å²) in [6.07, 6.45) is 8.17. The van der Waals surface area contributed by atoms with E-state index in [1.54, 1.807) is 5.56 Å². The Morgan fingerprint density at radius 3 is 2.35 bits per heavy atom. The first-order valence-electron chi connectivity index (χ1n) is 8.32. The van der Waals surface area contributed by atoms with E-state index in [0.717, 1.165) is 18.0 Å². The Hall–Kier alpha value is -0.860. The van der Waals surface area contributed by atoms with Crippen LogP contribution in [0.1, 0.15) is 50.0 Å². The molecule has 1 heterocycles. The van der Waals surface area contributed by atoms with Crippen molar-refractivity contribution >= 4 is 0 Å². The van der Waals surface area contributed by atoms with Crippen LogP contribution in [0.25, 0.3) is 0 Å². The Labute approximate surface area is 123 Å². The molecule has 110 valence electrons. The Morgan fingerprint density at radius 2 is 1.70 bits per heavy atom. The van der Waals surface area contributed by atoms with Crippen LogP contribution in [0.4, 0.5) is 0 Å². The fraction of sp³-hybridized carbons (Fsp3) is 0.667. The van der Waals surface area contributed by atoms with Gasteiger partial charge in [-0.25, -0.2) is 0 Å². The third-order valence-corrected chi connectivity index (χ3v) is 5.39. The van der Waals surface area contributed by atoms with Crippen molar-refractivity contribution in [2.45, 2.75) is 56.5 Å². The second-order valence-corrected chi connectivity index (χ2v) is 6.58. The smallest absolute Gasteiger partial charge is 0.0220 e. The second kappa shape index (κ2) is 6.73. The van der Waals surface area contributed by atoms with Gasteiger partial charge in [0.2, 0.25) is 0 Å². The zero-order valence-corrected chi connectivity index (χ0v) is 12.7. The zero-order chi connectivity index (χ0) is 13.8. The van der Waals surface area contributed by atoms with Gasteiger partial charge >= 0.3 is 0 Å². The summed E-state index contributed by atoms with van der Waals surface area (Å²) in [5.41, 5.74) is 1.55. The van der Waals surface area contributed by atoms with E-state index < -0.39 is 0 Å². The number of piperidine rings is 1. The van der Waals surface area contributed by atoms with E-state index in [0.29, 0.717) is 0 Å². The van der Waals surface area contributed by atoms with Gasteiger partial charge in [0.25, 0.3) is 0 Å². The number of nitrogens with one attached hydrogen (secondary N) is 1. The summed E-state index contributed by atoms with van der Waals surface area (Å²) in [6, 6.07) is 12.7. The van der Waals surface area contributed by atoms with Crippen LogP contribution >= 0.6 is 0 Å². The predicted octanol–water partition coefficient (Wildman–Crippen LogP) is 3.40. The first kappa shape index (κ1) is 14.1. The molecule has 1 aliphatic carbocycles. The Bertz CT molecular complexity index is 389. The van der Waals surface area contributed by atoms with Gasteiger partial charge in [0.1, 0.15) is 0 Å². The fourth-order valence-corrected chi connectivity index (χ4v) is 4.02. The Morgan fingerprint density at radius 1 is 0.950 bits per heavy atom. The van der Waals surface area contributed by atoms with E-state index in [-0.39, 0.29) is 0 Å². The second-order valence-electron chi connectivity index (χ2n) is 6.58. The number of rotatable bonds is 3. The topological polar surface area (TPSA) is 15.3 Å². The van der Waals surface area contributed by atoms with Crippen LogP contribution in [-0.4, -0.2) is 37.1 Å².